The minimum absolute atomic E-state index is 0.00512. The fraction of sp³-hybridized carbons (Fsp3) is 0.243. The van der Waals surface area contributed by atoms with Crippen molar-refractivity contribution in [3.8, 4) is 17.2 Å². The molecule has 5 aromatic rings. The van der Waals surface area contributed by atoms with Gasteiger partial charge in [-0.1, -0.05) is 24.3 Å². The Hall–Kier alpha value is -5.94. The van der Waals surface area contributed by atoms with Crippen LogP contribution in [0, 0.1) is 12.7 Å². The van der Waals surface area contributed by atoms with Crippen LogP contribution in [0.2, 0.25) is 0 Å². The van der Waals surface area contributed by atoms with Crippen LogP contribution in [0.5, 0.6) is 17.2 Å². The molecule has 1 aliphatic rings. The summed E-state index contributed by atoms with van der Waals surface area (Å²) in [4.78, 5) is 45.5. The molecular weight excluding hydrogens is 731 g/mol. The van der Waals surface area contributed by atoms with E-state index in [4.69, 9.17) is 9.47 Å². The number of methoxy groups -OCH3 is 1. The summed E-state index contributed by atoms with van der Waals surface area (Å²) in [5.41, 5.74) is 1.11. The second-order valence-electron chi connectivity index (χ2n) is 12.3. The highest BCUT2D eigenvalue weighted by atomic mass is 32.2. The van der Waals surface area contributed by atoms with Gasteiger partial charge in [-0.05, 0) is 67.1 Å². The Labute approximate surface area is 307 Å². The number of carbonyl (C=O) groups is 3. The van der Waals surface area contributed by atoms with Gasteiger partial charge in [-0.3, -0.25) is 19.4 Å². The summed E-state index contributed by atoms with van der Waals surface area (Å²) < 4.78 is 85.0. The molecule has 54 heavy (non-hydrogen) atoms. The van der Waals surface area contributed by atoms with Crippen LogP contribution in [0.3, 0.4) is 0 Å². The number of hydrogen-bond donors (Lipinski definition) is 2. The smallest absolute Gasteiger partial charge is 0.345 e. The number of fused-ring (bicyclic) bond motifs is 1. The number of benzene rings is 3. The standard InChI is InChI=1S/C37H34F3N5O8S/c1-22-8-10-33(29(38)14-22)52-25-9-11-32(51-2)28(16-25)35(47)43-20-34(46)44-21-26(53-37(39)40)17-31(44)36(48)42-19-24-15-23-18-41-13-12-30(23)45(24)54(49,50)27-6-4-3-5-7-27/h3-16,18,26,31,37H,17,19-21H2,1-2H3,(H,42,48)(H,43,47)/t26-,31+/m1/s1. The molecule has 0 spiro atoms. The highest BCUT2D eigenvalue weighted by molar-refractivity contribution is 7.90. The summed E-state index contributed by atoms with van der Waals surface area (Å²) in [5.74, 6) is -2.81. The summed E-state index contributed by atoms with van der Waals surface area (Å²) in [6, 6.07) is 18.0. The van der Waals surface area contributed by atoms with Gasteiger partial charge < -0.3 is 29.7 Å². The van der Waals surface area contributed by atoms with Gasteiger partial charge in [0.25, 0.3) is 15.9 Å². The lowest BCUT2D eigenvalue weighted by Gasteiger charge is -2.24. The van der Waals surface area contributed by atoms with Gasteiger partial charge in [0.2, 0.25) is 11.8 Å². The van der Waals surface area contributed by atoms with Crippen LogP contribution in [0.15, 0.2) is 96.2 Å². The van der Waals surface area contributed by atoms with Crippen molar-refractivity contribution in [3.63, 3.8) is 0 Å². The van der Waals surface area contributed by atoms with Crippen LogP contribution in [0.1, 0.15) is 28.0 Å². The average molecular weight is 766 g/mol. The molecule has 2 N–H and O–H groups in total. The van der Waals surface area contributed by atoms with E-state index in [9.17, 15) is 36.0 Å². The molecule has 0 aliphatic carbocycles. The number of amides is 3. The molecule has 3 aromatic carbocycles. The Bertz CT molecular complexity index is 2310. The van der Waals surface area contributed by atoms with E-state index in [1.165, 1.54) is 68.0 Å². The molecule has 282 valence electrons. The van der Waals surface area contributed by atoms with Gasteiger partial charge >= 0.3 is 6.61 Å². The molecule has 3 amide bonds. The zero-order chi connectivity index (χ0) is 38.6. The van der Waals surface area contributed by atoms with Crippen LogP contribution >= 0.6 is 0 Å². The molecule has 13 nitrogen and oxygen atoms in total. The molecule has 1 saturated heterocycles. The third-order valence-electron chi connectivity index (χ3n) is 8.67. The Morgan fingerprint density at radius 3 is 2.46 bits per heavy atom. The second kappa shape index (κ2) is 16.0. The van der Waals surface area contributed by atoms with E-state index in [0.717, 1.165) is 8.87 Å². The summed E-state index contributed by atoms with van der Waals surface area (Å²) in [6.45, 7) is -2.83. The average Bonchev–Trinajstić information content (AvgIpc) is 3.76. The zero-order valence-corrected chi connectivity index (χ0v) is 29.7. The van der Waals surface area contributed by atoms with Crippen LogP contribution in [-0.2, 0) is 30.9 Å². The van der Waals surface area contributed by atoms with Gasteiger partial charge in [0.05, 0.1) is 48.0 Å². The maximum Gasteiger partial charge on any atom is 0.345 e. The third-order valence-corrected chi connectivity index (χ3v) is 10.4. The van der Waals surface area contributed by atoms with E-state index in [0.29, 0.717) is 16.5 Å². The van der Waals surface area contributed by atoms with E-state index >= 15 is 0 Å². The third kappa shape index (κ3) is 8.16. The molecular formula is C37H34F3N5O8S. The molecule has 3 heterocycles. The Kier molecular flexibility index (Phi) is 11.2. The largest absolute Gasteiger partial charge is 0.496 e. The van der Waals surface area contributed by atoms with Crippen molar-refractivity contribution in [2.75, 3.05) is 20.2 Å². The van der Waals surface area contributed by atoms with Crippen molar-refractivity contribution in [2.45, 2.75) is 43.5 Å². The van der Waals surface area contributed by atoms with E-state index in [2.05, 4.69) is 20.4 Å². The zero-order valence-electron chi connectivity index (χ0n) is 28.9. The Morgan fingerprint density at radius 1 is 0.981 bits per heavy atom. The monoisotopic (exact) mass is 765 g/mol. The van der Waals surface area contributed by atoms with Gasteiger partial charge in [-0.2, -0.15) is 8.78 Å². The maximum atomic E-state index is 14.4. The normalized spacial score (nSPS) is 15.7. The van der Waals surface area contributed by atoms with E-state index in [1.54, 1.807) is 37.3 Å². The molecule has 1 aliphatic heterocycles. The molecule has 0 unspecified atom stereocenters. The van der Waals surface area contributed by atoms with Gasteiger partial charge in [0, 0.05) is 30.7 Å². The van der Waals surface area contributed by atoms with E-state index in [-0.39, 0.29) is 52.9 Å². The maximum absolute atomic E-state index is 14.4. The van der Waals surface area contributed by atoms with Gasteiger partial charge in [-0.25, -0.2) is 16.8 Å². The van der Waals surface area contributed by atoms with Crippen molar-refractivity contribution in [1.29, 1.82) is 0 Å². The SMILES string of the molecule is COc1ccc(Oc2ccc(C)cc2F)cc1C(=O)NCC(=O)N1C[C@H](OC(F)F)C[C@H]1C(=O)NCc1cc2cnccc2n1S(=O)(=O)c1ccccc1. The number of nitrogens with zero attached hydrogens (tertiary/aromatic N) is 3. The van der Waals surface area contributed by atoms with Gasteiger partial charge in [0.15, 0.2) is 11.6 Å². The number of halogens is 3. The molecule has 2 atom stereocenters. The summed E-state index contributed by atoms with van der Waals surface area (Å²) >= 11 is 0. The van der Waals surface area contributed by atoms with Crippen molar-refractivity contribution in [3.05, 3.63) is 114 Å². The highest BCUT2D eigenvalue weighted by Gasteiger charge is 2.41. The molecule has 6 rings (SSSR count). The van der Waals surface area contributed by atoms with Crippen LogP contribution in [0.25, 0.3) is 10.9 Å². The molecule has 0 saturated carbocycles. The first-order valence-electron chi connectivity index (χ1n) is 16.5. The van der Waals surface area contributed by atoms with Crippen molar-refractivity contribution < 1.29 is 50.2 Å². The fourth-order valence-corrected chi connectivity index (χ4v) is 7.71. The molecule has 0 bridgehead atoms. The quantitative estimate of drug-likeness (QED) is 0.172. The van der Waals surface area contributed by atoms with Crippen molar-refractivity contribution >= 4 is 38.6 Å². The lowest BCUT2D eigenvalue weighted by atomic mass is 10.1. The number of likely N-dealkylation sites (tertiary alicyclic amines) is 1. The predicted molar refractivity (Wildman–Crippen MR) is 188 cm³/mol. The number of aromatic nitrogens is 2. The minimum atomic E-state index is -4.14. The highest BCUT2D eigenvalue weighted by Crippen LogP contribution is 2.30. The van der Waals surface area contributed by atoms with E-state index in [1.807, 2.05) is 0 Å². The number of hydrogen-bond acceptors (Lipinski definition) is 9. The molecule has 1 fully saturated rings. The lowest BCUT2D eigenvalue weighted by Crippen LogP contribution is -2.49. The van der Waals surface area contributed by atoms with E-state index < -0.39 is 58.9 Å². The first-order chi connectivity index (χ1) is 25.8. The Balaban J connectivity index is 1.18. The number of carbonyl (C=O) groups excluding carboxylic acids is 3. The van der Waals surface area contributed by atoms with Gasteiger partial charge in [-0.15, -0.1) is 0 Å². The number of ether oxygens (including phenoxy) is 3. The fourth-order valence-electron chi connectivity index (χ4n) is 6.15. The number of aryl methyl sites for hydroxylation is 1. The molecule has 0 radical (unpaired) electrons. The topological polar surface area (TPSA) is 158 Å². The van der Waals surface area contributed by atoms with Crippen LogP contribution < -0.4 is 20.1 Å². The van der Waals surface area contributed by atoms with Gasteiger partial charge in [0.1, 0.15) is 17.5 Å². The summed E-state index contributed by atoms with van der Waals surface area (Å²) in [7, 11) is -2.82. The predicted octanol–water partition coefficient (Wildman–Crippen LogP) is 4.78. The first-order valence-corrected chi connectivity index (χ1v) is 18.0. The van der Waals surface area contributed by atoms with Crippen LogP contribution in [0.4, 0.5) is 13.2 Å². The number of pyridine rings is 1. The lowest BCUT2D eigenvalue weighted by molar-refractivity contribution is -0.160. The Morgan fingerprint density at radius 2 is 1.74 bits per heavy atom. The van der Waals surface area contributed by atoms with Crippen LogP contribution in [-0.4, -0.2) is 79.0 Å². The molecule has 17 heteroatoms. The summed E-state index contributed by atoms with van der Waals surface area (Å²) in [5, 5.41) is 5.57. The number of rotatable bonds is 13. The minimum Gasteiger partial charge on any atom is -0.496 e. The number of nitrogens with one attached hydrogen (secondary N) is 2. The number of alkyl halides is 2. The molecule has 2 aromatic heterocycles. The van der Waals surface area contributed by atoms with Crippen molar-refractivity contribution in [2.24, 2.45) is 0 Å². The summed E-state index contributed by atoms with van der Waals surface area (Å²) in [6.07, 6.45) is 1.39. The second-order valence-corrected chi connectivity index (χ2v) is 14.1. The first kappa shape index (κ1) is 37.8. The van der Waals surface area contributed by atoms with Crippen molar-refractivity contribution in [1.82, 2.24) is 24.5 Å².